The molecule has 1 rings (SSSR count). The second kappa shape index (κ2) is 7.52. The summed E-state index contributed by atoms with van der Waals surface area (Å²) in [5.74, 6) is 0.423. The van der Waals surface area contributed by atoms with Crippen molar-refractivity contribution in [1.82, 2.24) is 9.80 Å². The van der Waals surface area contributed by atoms with Crippen LogP contribution in [0.1, 0.15) is 45.4 Å². The molecule has 18 heavy (non-hydrogen) atoms. The minimum atomic E-state index is 0.167. The molecule has 0 radical (unpaired) electrons. The fourth-order valence-electron chi connectivity index (χ4n) is 2.56. The number of nitrogens with zero attached hydrogens (tertiary/aromatic N) is 2. The summed E-state index contributed by atoms with van der Waals surface area (Å²) in [7, 11) is 3.58. The predicted octanol–water partition coefficient (Wildman–Crippen LogP) is 1.69. The van der Waals surface area contributed by atoms with Crippen molar-refractivity contribution in [1.29, 1.82) is 0 Å². The molecule has 0 saturated carbocycles. The van der Waals surface area contributed by atoms with Crippen LogP contribution in [0, 0.1) is 0 Å². The Morgan fingerprint density at radius 3 is 2.56 bits per heavy atom. The summed E-state index contributed by atoms with van der Waals surface area (Å²) in [6.45, 7) is 3.47. The lowest BCUT2D eigenvalue weighted by atomic mass is 10.0. The van der Waals surface area contributed by atoms with Crippen LogP contribution in [0.4, 0.5) is 0 Å². The maximum absolute atomic E-state index is 11.6. The van der Waals surface area contributed by atoms with Crippen LogP contribution in [0.5, 0.6) is 0 Å². The largest absolute Gasteiger partial charge is 0.349 e. The second-order valence-electron chi connectivity index (χ2n) is 5.48. The number of rotatable bonds is 5. The normalized spacial score (nSPS) is 21.4. The van der Waals surface area contributed by atoms with Gasteiger partial charge in [-0.15, -0.1) is 0 Å². The van der Waals surface area contributed by atoms with Gasteiger partial charge in [-0.05, 0) is 26.3 Å². The third kappa shape index (κ3) is 5.17. The lowest BCUT2D eigenvalue weighted by Crippen LogP contribution is -2.38. The monoisotopic (exact) mass is 254 g/mol. The molecule has 0 aliphatic carbocycles. The van der Waals surface area contributed by atoms with Crippen molar-refractivity contribution in [2.24, 2.45) is 0 Å². The first-order chi connectivity index (χ1) is 8.50. The molecule has 4 nitrogen and oxygen atoms in total. The van der Waals surface area contributed by atoms with Gasteiger partial charge in [0.05, 0.1) is 0 Å². The summed E-state index contributed by atoms with van der Waals surface area (Å²) >= 11 is 0. The number of hydrogen-bond acceptors (Lipinski definition) is 3. The highest BCUT2D eigenvalue weighted by molar-refractivity contribution is 5.76. The SMILES string of the molecule is CC(=O)CC1CCCCCN1CCC(=O)N(C)C. The number of carbonyl (C=O) groups excluding carboxylic acids is 2. The van der Waals surface area contributed by atoms with Crippen molar-refractivity contribution in [3.63, 3.8) is 0 Å². The van der Waals surface area contributed by atoms with Crippen LogP contribution in [0.15, 0.2) is 0 Å². The van der Waals surface area contributed by atoms with Crippen molar-refractivity contribution in [2.75, 3.05) is 27.2 Å². The molecule has 0 spiro atoms. The van der Waals surface area contributed by atoms with Gasteiger partial charge >= 0.3 is 0 Å². The minimum Gasteiger partial charge on any atom is -0.349 e. The van der Waals surface area contributed by atoms with Crippen molar-refractivity contribution in [2.45, 2.75) is 51.5 Å². The molecular weight excluding hydrogens is 228 g/mol. The van der Waals surface area contributed by atoms with Gasteiger partial charge in [0, 0.05) is 39.5 Å². The first-order valence-corrected chi connectivity index (χ1v) is 6.94. The number of ketones is 1. The Morgan fingerprint density at radius 1 is 1.22 bits per heavy atom. The van der Waals surface area contributed by atoms with E-state index in [1.165, 1.54) is 19.3 Å². The van der Waals surface area contributed by atoms with Gasteiger partial charge in [-0.1, -0.05) is 12.8 Å². The fraction of sp³-hybridized carbons (Fsp3) is 0.857. The summed E-state index contributed by atoms with van der Waals surface area (Å²) in [5.41, 5.74) is 0. The molecule has 0 N–H and O–H groups in total. The van der Waals surface area contributed by atoms with Crippen LogP contribution in [-0.4, -0.2) is 54.7 Å². The number of carbonyl (C=O) groups is 2. The summed E-state index contributed by atoms with van der Waals surface area (Å²) in [6, 6.07) is 0.347. The maximum atomic E-state index is 11.6. The molecule has 1 aliphatic heterocycles. The standard InChI is InChI=1S/C14H26N2O2/c1-12(17)11-13-7-5-4-6-9-16(13)10-8-14(18)15(2)3/h13H,4-11H2,1-3H3. The lowest BCUT2D eigenvalue weighted by molar-refractivity contribution is -0.129. The van der Waals surface area contributed by atoms with Crippen molar-refractivity contribution in [3.8, 4) is 0 Å². The highest BCUT2D eigenvalue weighted by Gasteiger charge is 2.22. The van der Waals surface area contributed by atoms with Crippen LogP contribution in [-0.2, 0) is 9.59 Å². The molecule has 1 amide bonds. The molecule has 0 aromatic carbocycles. The predicted molar refractivity (Wildman–Crippen MR) is 72.4 cm³/mol. The van der Waals surface area contributed by atoms with E-state index in [0.29, 0.717) is 18.9 Å². The quantitative estimate of drug-likeness (QED) is 0.749. The third-order valence-electron chi connectivity index (χ3n) is 3.63. The second-order valence-corrected chi connectivity index (χ2v) is 5.48. The molecule has 4 heteroatoms. The molecule has 104 valence electrons. The summed E-state index contributed by atoms with van der Waals surface area (Å²) in [4.78, 5) is 26.9. The molecule has 1 heterocycles. The van der Waals surface area contributed by atoms with E-state index in [4.69, 9.17) is 0 Å². The van der Waals surface area contributed by atoms with Gasteiger partial charge in [0.15, 0.2) is 0 Å². The zero-order valence-corrected chi connectivity index (χ0v) is 11.9. The molecule has 1 fully saturated rings. The molecule has 1 unspecified atom stereocenters. The van der Waals surface area contributed by atoms with E-state index in [1.807, 2.05) is 0 Å². The third-order valence-corrected chi connectivity index (χ3v) is 3.63. The van der Waals surface area contributed by atoms with E-state index in [9.17, 15) is 9.59 Å². The molecule has 0 bridgehead atoms. The van der Waals surface area contributed by atoms with Gasteiger partial charge in [0.25, 0.3) is 0 Å². The van der Waals surface area contributed by atoms with Crippen LogP contribution < -0.4 is 0 Å². The summed E-state index contributed by atoms with van der Waals surface area (Å²) in [5, 5.41) is 0. The van der Waals surface area contributed by atoms with Crippen molar-refractivity contribution < 1.29 is 9.59 Å². The van der Waals surface area contributed by atoms with Crippen LogP contribution in [0.2, 0.25) is 0 Å². The lowest BCUT2D eigenvalue weighted by Gasteiger charge is -2.29. The Hall–Kier alpha value is -0.900. The highest BCUT2D eigenvalue weighted by atomic mass is 16.2. The number of hydrogen-bond donors (Lipinski definition) is 0. The van der Waals surface area contributed by atoms with E-state index in [2.05, 4.69) is 4.90 Å². The molecular formula is C14H26N2O2. The van der Waals surface area contributed by atoms with E-state index in [0.717, 1.165) is 19.5 Å². The van der Waals surface area contributed by atoms with Gasteiger partial charge in [-0.2, -0.15) is 0 Å². The summed E-state index contributed by atoms with van der Waals surface area (Å²) < 4.78 is 0. The van der Waals surface area contributed by atoms with E-state index >= 15 is 0 Å². The average Bonchev–Trinajstić information content (AvgIpc) is 2.50. The van der Waals surface area contributed by atoms with E-state index < -0.39 is 0 Å². The number of amides is 1. The zero-order chi connectivity index (χ0) is 13.5. The smallest absolute Gasteiger partial charge is 0.223 e. The Kier molecular flexibility index (Phi) is 6.33. The first-order valence-electron chi connectivity index (χ1n) is 6.94. The van der Waals surface area contributed by atoms with Crippen molar-refractivity contribution in [3.05, 3.63) is 0 Å². The fourth-order valence-corrected chi connectivity index (χ4v) is 2.56. The Morgan fingerprint density at radius 2 is 1.94 bits per heavy atom. The Balaban J connectivity index is 2.51. The molecule has 1 aliphatic rings. The molecule has 1 atom stereocenters. The van der Waals surface area contributed by atoms with Crippen LogP contribution >= 0.6 is 0 Å². The van der Waals surface area contributed by atoms with Gasteiger partial charge in [0.2, 0.25) is 5.91 Å². The Labute approximate surface area is 110 Å². The number of Topliss-reactive ketones (excluding diaryl/α,β-unsaturated/α-hetero) is 1. The van der Waals surface area contributed by atoms with Crippen LogP contribution in [0.25, 0.3) is 0 Å². The van der Waals surface area contributed by atoms with Crippen LogP contribution in [0.3, 0.4) is 0 Å². The van der Waals surface area contributed by atoms with Crippen molar-refractivity contribution >= 4 is 11.7 Å². The topological polar surface area (TPSA) is 40.6 Å². The van der Waals surface area contributed by atoms with Gasteiger partial charge < -0.3 is 4.90 Å². The minimum absolute atomic E-state index is 0.167. The van der Waals surface area contributed by atoms with E-state index in [-0.39, 0.29) is 11.7 Å². The van der Waals surface area contributed by atoms with Gasteiger partial charge in [0.1, 0.15) is 5.78 Å². The first kappa shape index (κ1) is 15.2. The summed E-state index contributed by atoms with van der Waals surface area (Å²) in [6.07, 6.45) is 5.92. The average molecular weight is 254 g/mol. The van der Waals surface area contributed by atoms with Gasteiger partial charge in [-0.3, -0.25) is 14.5 Å². The highest BCUT2D eigenvalue weighted by Crippen LogP contribution is 2.19. The van der Waals surface area contributed by atoms with Gasteiger partial charge in [-0.25, -0.2) is 0 Å². The Bertz CT molecular complexity index is 290. The molecule has 1 saturated heterocycles. The number of likely N-dealkylation sites (tertiary alicyclic amines) is 1. The maximum Gasteiger partial charge on any atom is 0.223 e. The zero-order valence-electron chi connectivity index (χ0n) is 11.9. The van der Waals surface area contributed by atoms with E-state index in [1.54, 1.807) is 25.9 Å². The molecule has 0 aromatic rings. The molecule has 0 aromatic heterocycles.